The van der Waals surface area contributed by atoms with Crippen molar-refractivity contribution in [3.8, 4) is 28.6 Å². The van der Waals surface area contributed by atoms with E-state index in [-0.39, 0.29) is 11.5 Å². The van der Waals surface area contributed by atoms with Crippen molar-refractivity contribution < 1.29 is 19.0 Å². The molecule has 8 heteroatoms. The Morgan fingerprint density at radius 1 is 1.13 bits per heavy atom. The standard InChI is InChI=1S/C22H29N3O5/c1-5-6-7-8-19(26)25-10-9-16-15(13-25)22(27)24-21(23-16)14-11-17(28-2)20(30-4)18(12-14)29-3/h11-12H,5-10,13H2,1-4H3,(H,23,24,27). The first kappa shape index (κ1) is 21.7. The van der Waals surface area contributed by atoms with Gasteiger partial charge in [0.05, 0.1) is 39.1 Å². The molecule has 0 bridgehead atoms. The third kappa shape index (κ3) is 4.42. The fourth-order valence-corrected chi connectivity index (χ4v) is 3.68. The second kappa shape index (κ2) is 9.65. The first-order valence-corrected chi connectivity index (χ1v) is 10.2. The van der Waals surface area contributed by atoms with Gasteiger partial charge in [0.1, 0.15) is 5.82 Å². The summed E-state index contributed by atoms with van der Waals surface area (Å²) in [7, 11) is 4.61. The number of H-pyrrole nitrogens is 1. The van der Waals surface area contributed by atoms with Gasteiger partial charge in [-0.05, 0) is 18.6 Å². The van der Waals surface area contributed by atoms with Gasteiger partial charge < -0.3 is 24.1 Å². The predicted octanol–water partition coefficient (Wildman–Crippen LogP) is 2.93. The van der Waals surface area contributed by atoms with E-state index in [1.54, 1.807) is 17.0 Å². The van der Waals surface area contributed by atoms with Crippen molar-refractivity contribution in [2.75, 3.05) is 27.9 Å². The van der Waals surface area contributed by atoms with Gasteiger partial charge in [0.25, 0.3) is 5.56 Å². The van der Waals surface area contributed by atoms with Crippen LogP contribution in [-0.2, 0) is 17.8 Å². The van der Waals surface area contributed by atoms with Crippen LogP contribution >= 0.6 is 0 Å². The molecule has 30 heavy (non-hydrogen) atoms. The van der Waals surface area contributed by atoms with Crippen molar-refractivity contribution in [3.05, 3.63) is 33.7 Å². The van der Waals surface area contributed by atoms with Gasteiger partial charge >= 0.3 is 0 Å². The molecule has 162 valence electrons. The maximum atomic E-state index is 12.8. The van der Waals surface area contributed by atoms with Gasteiger partial charge in [-0.15, -0.1) is 0 Å². The number of benzene rings is 1. The van der Waals surface area contributed by atoms with Crippen molar-refractivity contribution >= 4 is 5.91 Å². The van der Waals surface area contributed by atoms with Crippen LogP contribution in [0, 0.1) is 0 Å². The molecule has 1 aliphatic rings. The molecule has 8 nitrogen and oxygen atoms in total. The lowest BCUT2D eigenvalue weighted by Crippen LogP contribution is -2.39. The van der Waals surface area contributed by atoms with E-state index in [9.17, 15) is 9.59 Å². The third-order valence-corrected chi connectivity index (χ3v) is 5.35. The first-order valence-electron chi connectivity index (χ1n) is 10.2. The Hall–Kier alpha value is -3.03. The van der Waals surface area contributed by atoms with Crippen LogP contribution in [-0.4, -0.2) is 48.6 Å². The van der Waals surface area contributed by atoms with Crippen LogP contribution < -0.4 is 19.8 Å². The minimum atomic E-state index is -0.227. The van der Waals surface area contributed by atoms with E-state index in [0.717, 1.165) is 25.0 Å². The van der Waals surface area contributed by atoms with Gasteiger partial charge in [0, 0.05) is 24.9 Å². The zero-order valence-electron chi connectivity index (χ0n) is 18.0. The van der Waals surface area contributed by atoms with Gasteiger partial charge in [0.2, 0.25) is 11.7 Å². The number of aromatic amines is 1. The number of hydrogen-bond donors (Lipinski definition) is 1. The van der Waals surface area contributed by atoms with Crippen molar-refractivity contribution in [2.24, 2.45) is 0 Å². The fraction of sp³-hybridized carbons (Fsp3) is 0.500. The van der Waals surface area contributed by atoms with Crippen molar-refractivity contribution in [2.45, 2.75) is 45.6 Å². The van der Waals surface area contributed by atoms with E-state index >= 15 is 0 Å². The largest absolute Gasteiger partial charge is 0.493 e. The highest BCUT2D eigenvalue weighted by molar-refractivity contribution is 5.76. The van der Waals surface area contributed by atoms with E-state index in [1.807, 2.05) is 0 Å². The Bertz CT molecular complexity index is 945. The molecule has 1 amide bonds. The number of amides is 1. The summed E-state index contributed by atoms with van der Waals surface area (Å²) in [5, 5.41) is 0. The van der Waals surface area contributed by atoms with E-state index in [1.165, 1.54) is 21.3 Å². The second-order valence-electron chi connectivity index (χ2n) is 7.28. The van der Waals surface area contributed by atoms with Crippen molar-refractivity contribution in [1.29, 1.82) is 0 Å². The summed E-state index contributed by atoms with van der Waals surface area (Å²) in [6.07, 6.45) is 4.07. The fourth-order valence-electron chi connectivity index (χ4n) is 3.68. The number of carbonyl (C=O) groups excluding carboxylic acids is 1. The van der Waals surface area contributed by atoms with E-state index in [0.29, 0.717) is 60.1 Å². The number of rotatable bonds is 8. The number of carbonyl (C=O) groups is 1. The molecule has 0 atom stereocenters. The van der Waals surface area contributed by atoms with Crippen LogP contribution in [0.4, 0.5) is 0 Å². The number of aromatic nitrogens is 2. The number of nitrogens with zero attached hydrogens (tertiary/aromatic N) is 2. The van der Waals surface area contributed by atoms with Gasteiger partial charge in [-0.25, -0.2) is 4.98 Å². The lowest BCUT2D eigenvalue weighted by Gasteiger charge is -2.28. The van der Waals surface area contributed by atoms with Crippen LogP contribution in [0.5, 0.6) is 17.2 Å². The smallest absolute Gasteiger partial charge is 0.256 e. The molecule has 0 saturated carbocycles. The number of fused-ring (bicyclic) bond motifs is 1. The molecule has 0 radical (unpaired) electrons. The molecule has 2 heterocycles. The van der Waals surface area contributed by atoms with Crippen LogP contribution in [0.3, 0.4) is 0 Å². The first-order chi connectivity index (χ1) is 14.5. The molecular formula is C22H29N3O5. The Morgan fingerprint density at radius 3 is 2.43 bits per heavy atom. The number of methoxy groups -OCH3 is 3. The lowest BCUT2D eigenvalue weighted by molar-refractivity contribution is -0.132. The minimum absolute atomic E-state index is 0.0993. The molecule has 0 aliphatic carbocycles. The van der Waals surface area contributed by atoms with Gasteiger partial charge in [0.15, 0.2) is 11.5 Å². The third-order valence-electron chi connectivity index (χ3n) is 5.35. The topological polar surface area (TPSA) is 93.8 Å². The summed E-state index contributed by atoms with van der Waals surface area (Å²) in [6.45, 7) is 2.99. The Labute approximate surface area is 176 Å². The number of unbranched alkanes of at least 4 members (excludes halogenated alkanes) is 2. The minimum Gasteiger partial charge on any atom is -0.493 e. The summed E-state index contributed by atoms with van der Waals surface area (Å²) < 4.78 is 16.1. The molecule has 0 spiro atoms. The van der Waals surface area contributed by atoms with Crippen molar-refractivity contribution in [3.63, 3.8) is 0 Å². The van der Waals surface area contributed by atoms with Gasteiger partial charge in [-0.3, -0.25) is 9.59 Å². The summed E-state index contributed by atoms with van der Waals surface area (Å²) in [4.78, 5) is 34.5. The van der Waals surface area contributed by atoms with Gasteiger partial charge in [-0.1, -0.05) is 19.8 Å². The molecule has 3 rings (SSSR count). The Kier molecular flexibility index (Phi) is 6.97. The zero-order chi connectivity index (χ0) is 21.7. The molecule has 2 aromatic rings. The highest BCUT2D eigenvalue weighted by Crippen LogP contribution is 2.40. The average molecular weight is 415 g/mol. The normalized spacial score (nSPS) is 13.0. The maximum absolute atomic E-state index is 12.8. The Balaban J connectivity index is 1.89. The summed E-state index contributed by atoms with van der Waals surface area (Å²) in [6, 6.07) is 3.50. The van der Waals surface area contributed by atoms with E-state index in [4.69, 9.17) is 14.2 Å². The molecule has 1 aromatic carbocycles. The monoisotopic (exact) mass is 415 g/mol. The molecule has 0 saturated heterocycles. The SMILES string of the molecule is CCCCCC(=O)N1CCc2nc(-c3cc(OC)c(OC)c(OC)c3)[nH]c(=O)c2C1. The zero-order valence-corrected chi connectivity index (χ0v) is 18.0. The van der Waals surface area contributed by atoms with Crippen LogP contribution in [0.15, 0.2) is 16.9 Å². The molecule has 1 N–H and O–H groups in total. The molecule has 1 aromatic heterocycles. The summed E-state index contributed by atoms with van der Waals surface area (Å²) >= 11 is 0. The van der Waals surface area contributed by atoms with Gasteiger partial charge in [-0.2, -0.15) is 0 Å². The van der Waals surface area contributed by atoms with E-state index < -0.39 is 0 Å². The Morgan fingerprint density at radius 2 is 1.83 bits per heavy atom. The molecular weight excluding hydrogens is 386 g/mol. The number of nitrogens with one attached hydrogen (secondary N) is 1. The maximum Gasteiger partial charge on any atom is 0.256 e. The lowest BCUT2D eigenvalue weighted by atomic mass is 10.0. The quantitative estimate of drug-likeness (QED) is 0.667. The predicted molar refractivity (Wildman–Crippen MR) is 113 cm³/mol. The summed E-state index contributed by atoms with van der Waals surface area (Å²) in [5.41, 5.74) is 1.71. The second-order valence-corrected chi connectivity index (χ2v) is 7.28. The number of ether oxygens (including phenoxy) is 3. The molecule has 0 fully saturated rings. The van der Waals surface area contributed by atoms with Crippen molar-refractivity contribution in [1.82, 2.24) is 14.9 Å². The molecule has 0 unspecified atom stereocenters. The van der Waals surface area contributed by atoms with E-state index in [2.05, 4.69) is 16.9 Å². The molecule has 1 aliphatic heterocycles. The summed E-state index contributed by atoms with van der Waals surface area (Å²) in [5.74, 6) is 1.97. The highest BCUT2D eigenvalue weighted by atomic mass is 16.5. The van der Waals surface area contributed by atoms with Crippen LogP contribution in [0.2, 0.25) is 0 Å². The van der Waals surface area contributed by atoms with Crippen LogP contribution in [0.25, 0.3) is 11.4 Å². The average Bonchev–Trinajstić information content (AvgIpc) is 2.77. The number of hydrogen-bond acceptors (Lipinski definition) is 6. The highest BCUT2D eigenvalue weighted by Gasteiger charge is 2.25. The van der Waals surface area contributed by atoms with Crippen LogP contribution in [0.1, 0.15) is 43.9 Å².